The maximum Gasteiger partial charge on any atom is 3.00 e. The van der Waals surface area contributed by atoms with Crippen LogP contribution >= 0.6 is 8.60 Å². The number of rotatable bonds is 20. The molecule has 0 aromatic rings. The Balaban J connectivity index is -0.000000126. The molecule has 0 heterocycles. The van der Waals surface area contributed by atoms with Gasteiger partial charge in [0.25, 0.3) is 0 Å². The van der Waals surface area contributed by atoms with E-state index in [9.17, 15) is 0 Å². The predicted molar refractivity (Wildman–Crippen MR) is 153 cm³/mol. The van der Waals surface area contributed by atoms with E-state index < -0.39 is 8.60 Å². The summed E-state index contributed by atoms with van der Waals surface area (Å²) in [5.41, 5.74) is 0. The molecule has 5 heteroatoms. The third-order valence-corrected chi connectivity index (χ3v) is 5.21. The van der Waals surface area contributed by atoms with Crippen molar-refractivity contribution in [2.75, 3.05) is 0 Å². The first-order chi connectivity index (χ1) is 16.0. The van der Waals surface area contributed by atoms with Crippen LogP contribution in [0.5, 0.6) is 0 Å². The van der Waals surface area contributed by atoms with Crippen molar-refractivity contribution in [1.82, 2.24) is 0 Å². The summed E-state index contributed by atoms with van der Waals surface area (Å²) in [5, 5.41) is 0. The molecule has 0 bridgehead atoms. The molecule has 0 fully saturated rings. The van der Waals surface area contributed by atoms with Crippen LogP contribution in [0.25, 0.3) is 0 Å². The fourth-order valence-electron chi connectivity index (χ4n) is 3.33. The molecule has 0 saturated heterocycles. The molecule has 0 amide bonds. The Morgan fingerprint density at radius 2 is 0.676 bits per heavy atom. The Bertz CT molecular complexity index is 248. The van der Waals surface area contributed by atoms with Gasteiger partial charge in [-0.2, -0.15) is 12.8 Å². The smallest absolute Gasteiger partial charge is 0.343 e. The molecule has 0 atom stereocenters. The van der Waals surface area contributed by atoms with Gasteiger partial charge in [-0.1, -0.05) is 142 Å². The molecule has 0 aromatic carbocycles. The molecule has 0 spiro atoms. The van der Waals surface area contributed by atoms with Gasteiger partial charge in [-0.05, 0) is 0 Å². The maximum atomic E-state index is 7.23. The molecule has 1 radical (unpaired) electrons. The van der Waals surface area contributed by atoms with E-state index in [-0.39, 0.29) is 21.7 Å². The van der Waals surface area contributed by atoms with E-state index in [2.05, 4.69) is 41.2 Å². The monoisotopic (exact) mass is 537 g/mol. The molecule has 0 aliphatic carbocycles. The van der Waals surface area contributed by atoms with Gasteiger partial charge in [0, 0.05) is 0 Å². The van der Waals surface area contributed by atoms with Crippen LogP contribution in [0.4, 0.5) is 0 Å². The molecule has 0 aromatic heterocycles. The Labute approximate surface area is 232 Å². The fraction of sp³-hybridized carbons (Fsp3) is 0.828. The van der Waals surface area contributed by atoms with Crippen LogP contribution in [0.3, 0.4) is 0 Å². The zero-order valence-corrected chi connectivity index (χ0v) is 25.7. The molecule has 3 nitrogen and oxygen atoms in total. The first-order valence-corrected chi connectivity index (χ1v) is 15.0. The van der Waals surface area contributed by atoms with E-state index in [0.717, 1.165) is 12.8 Å². The van der Waals surface area contributed by atoms with E-state index in [1.54, 1.807) is 0 Å². The number of unbranched alkanes of at least 4 members (excludes halogenated alkanes) is 20. The summed E-state index contributed by atoms with van der Waals surface area (Å²) in [6.45, 7) is 18.8. The second-order valence-corrected chi connectivity index (χ2v) is 9.16. The van der Waals surface area contributed by atoms with Crippen LogP contribution in [0.1, 0.15) is 155 Å². The second-order valence-electron chi connectivity index (χ2n) is 8.63. The average molecular weight is 538 g/mol. The third kappa shape index (κ3) is 76.7. The SMILES string of the molecule is C=C[CH2-].OP(O)O.[CH2-]CCCCCCCCCCCC.[CH2-]CCCCCCCCCCCC.[Ti+3]. The summed E-state index contributed by atoms with van der Waals surface area (Å²) in [4.78, 5) is 21.7. The van der Waals surface area contributed by atoms with Crippen molar-refractivity contribution in [3.8, 4) is 0 Å². The van der Waals surface area contributed by atoms with E-state index >= 15 is 0 Å². The molecular formula is C29H62O3PTi. The Kier molecular flexibility index (Phi) is 66.3. The molecular weight excluding hydrogens is 475 g/mol. The number of hydrogen-bond donors (Lipinski definition) is 3. The van der Waals surface area contributed by atoms with Crippen LogP contribution < -0.4 is 0 Å². The van der Waals surface area contributed by atoms with Crippen LogP contribution in [0.2, 0.25) is 0 Å². The molecule has 34 heavy (non-hydrogen) atoms. The average Bonchev–Trinajstić information content (AvgIpc) is 2.78. The topological polar surface area (TPSA) is 60.7 Å². The second kappa shape index (κ2) is 50.5. The van der Waals surface area contributed by atoms with E-state index in [1.807, 2.05) is 0 Å². The molecule has 0 unspecified atom stereocenters. The summed E-state index contributed by atoms with van der Waals surface area (Å²) in [6.07, 6.45) is 32.2. The number of allylic oxidation sites excluding steroid dienone is 1. The van der Waals surface area contributed by atoms with Crippen LogP contribution in [0, 0.1) is 20.8 Å². The minimum atomic E-state index is -2.62. The van der Waals surface area contributed by atoms with E-state index in [4.69, 9.17) is 14.7 Å². The van der Waals surface area contributed by atoms with E-state index in [0.29, 0.717) is 0 Å². The first kappa shape index (κ1) is 44.6. The molecule has 0 aliphatic heterocycles. The summed E-state index contributed by atoms with van der Waals surface area (Å²) >= 11 is 0. The Morgan fingerprint density at radius 3 is 0.824 bits per heavy atom. The molecule has 0 saturated carbocycles. The maximum absolute atomic E-state index is 7.23. The van der Waals surface area contributed by atoms with Crippen molar-refractivity contribution < 1.29 is 36.4 Å². The molecule has 3 N–H and O–H groups in total. The Hall–Kier alpha value is 0.634. The van der Waals surface area contributed by atoms with Crippen molar-refractivity contribution in [3.05, 3.63) is 33.4 Å². The fourth-order valence-corrected chi connectivity index (χ4v) is 3.33. The van der Waals surface area contributed by atoms with Crippen molar-refractivity contribution in [1.29, 1.82) is 0 Å². The van der Waals surface area contributed by atoms with Gasteiger partial charge in [-0.15, -0.1) is 0 Å². The van der Waals surface area contributed by atoms with Gasteiger partial charge >= 0.3 is 30.3 Å². The predicted octanol–water partition coefficient (Wildman–Crippen LogP) is 10.5. The van der Waals surface area contributed by atoms with Crippen molar-refractivity contribution in [3.63, 3.8) is 0 Å². The standard InChI is InChI=1S/2C13H27.C3H5.H3O3P.Ti/c2*1-3-5-7-9-11-13-12-10-8-6-4-2;1-3-2;1-4(2)3;/h2*1,3-13H2,2H3;3H,1-2H2;1-3H;/q3*-1;;+3. The van der Waals surface area contributed by atoms with Gasteiger partial charge in [-0.3, -0.25) is 0 Å². The van der Waals surface area contributed by atoms with Gasteiger partial charge in [0.15, 0.2) is 0 Å². The molecule has 205 valence electrons. The van der Waals surface area contributed by atoms with Crippen molar-refractivity contribution >= 4 is 8.60 Å². The summed E-state index contributed by atoms with van der Waals surface area (Å²) < 4.78 is 0. The van der Waals surface area contributed by atoms with Gasteiger partial charge < -0.3 is 28.5 Å². The molecule has 0 aliphatic rings. The summed E-state index contributed by atoms with van der Waals surface area (Å²) in [5.74, 6) is 0. The minimum Gasteiger partial charge on any atom is -0.343 e. The van der Waals surface area contributed by atoms with Crippen molar-refractivity contribution in [2.24, 2.45) is 0 Å². The summed E-state index contributed by atoms with van der Waals surface area (Å²) in [7, 11) is -2.62. The number of hydrogen-bond acceptors (Lipinski definition) is 3. The minimum absolute atomic E-state index is 0. The van der Waals surface area contributed by atoms with Crippen LogP contribution in [-0.2, 0) is 21.7 Å². The van der Waals surface area contributed by atoms with Gasteiger partial charge in [-0.25, -0.2) is 19.6 Å². The molecule has 0 rings (SSSR count). The van der Waals surface area contributed by atoms with Crippen molar-refractivity contribution in [2.45, 2.75) is 155 Å². The van der Waals surface area contributed by atoms with E-state index in [1.165, 1.54) is 134 Å². The van der Waals surface area contributed by atoms with Crippen LogP contribution in [-0.4, -0.2) is 14.7 Å². The quantitative estimate of drug-likeness (QED) is 0.0626. The Morgan fingerprint density at radius 1 is 0.529 bits per heavy atom. The summed E-state index contributed by atoms with van der Waals surface area (Å²) in [6, 6.07) is 0. The normalized spacial score (nSPS) is 9.53. The van der Waals surface area contributed by atoms with Gasteiger partial charge in [0.05, 0.1) is 0 Å². The van der Waals surface area contributed by atoms with Gasteiger partial charge in [0.1, 0.15) is 0 Å². The third-order valence-electron chi connectivity index (χ3n) is 5.21. The van der Waals surface area contributed by atoms with Gasteiger partial charge in [0.2, 0.25) is 0 Å². The zero-order valence-electron chi connectivity index (χ0n) is 23.3. The zero-order chi connectivity index (χ0) is 25.8. The largest absolute Gasteiger partial charge is 3.00 e. The van der Waals surface area contributed by atoms with Crippen LogP contribution in [0.15, 0.2) is 12.7 Å². The first-order valence-electron chi connectivity index (χ1n) is 13.8.